The molecule has 0 saturated carbocycles. The molecule has 116 valence electrons. The summed E-state index contributed by atoms with van der Waals surface area (Å²) in [5.41, 5.74) is 0.600. The predicted molar refractivity (Wildman–Crippen MR) is 81.6 cm³/mol. The minimum absolute atomic E-state index is 0.0699. The second-order valence-corrected chi connectivity index (χ2v) is 4.95. The number of hydrogen-bond acceptors (Lipinski definition) is 2. The highest BCUT2D eigenvalue weighted by Gasteiger charge is 2.13. The Balaban J connectivity index is 2.46. The van der Waals surface area contributed by atoms with Crippen LogP contribution in [0.1, 0.15) is 39.5 Å². The summed E-state index contributed by atoms with van der Waals surface area (Å²) in [5, 5.41) is 2.84. The van der Waals surface area contributed by atoms with E-state index >= 15 is 0 Å². The maximum absolute atomic E-state index is 12.9. The fourth-order valence-corrected chi connectivity index (χ4v) is 1.99. The molecule has 0 heterocycles. The number of rotatable bonds is 8. The standard InChI is InChI=1S/C16H23FN2O2/c1-3-4-5-11-18-16(21)10-12-19(13(2)20)15-8-6-14(17)7-9-15/h6-9H,3-5,10-12H2,1-2H3,(H,18,21). The highest BCUT2D eigenvalue weighted by atomic mass is 19.1. The first-order valence-electron chi connectivity index (χ1n) is 7.35. The first-order chi connectivity index (χ1) is 10.0. The number of carbonyl (C=O) groups is 2. The molecular weight excluding hydrogens is 271 g/mol. The van der Waals surface area contributed by atoms with Crippen LogP contribution in [0.4, 0.5) is 10.1 Å². The van der Waals surface area contributed by atoms with Crippen LogP contribution >= 0.6 is 0 Å². The molecule has 0 spiro atoms. The van der Waals surface area contributed by atoms with Gasteiger partial charge in [-0.05, 0) is 30.7 Å². The number of hydrogen-bond donors (Lipinski definition) is 1. The summed E-state index contributed by atoms with van der Waals surface area (Å²) in [6, 6.07) is 5.68. The van der Waals surface area contributed by atoms with Crippen LogP contribution in [-0.4, -0.2) is 24.9 Å². The Morgan fingerprint density at radius 1 is 1.19 bits per heavy atom. The van der Waals surface area contributed by atoms with Crippen molar-refractivity contribution in [3.8, 4) is 0 Å². The minimum Gasteiger partial charge on any atom is -0.356 e. The molecule has 2 amide bonds. The molecule has 0 radical (unpaired) electrons. The lowest BCUT2D eigenvalue weighted by molar-refractivity contribution is -0.121. The Labute approximate surface area is 125 Å². The van der Waals surface area contributed by atoms with Gasteiger partial charge in [-0.3, -0.25) is 9.59 Å². The SMILES string of the molecule is CCCCCNC(=O)CCN(C(C)=O)c1ccc(F)cc1. The van der Waals surface area contributed by atoms with E-state index in [-0.39, 0.29) is 24.1 Å². The Bertz CT molecular complexity index is 460. The Morgan fingerprint density at radius 3 is 2.43 bits per heavy atom. The van der Waals surface area contributed by atoms with E-state index in [2.05, 4.69) is 12.2 Å². The minimum atomic E-state index is -0.351. The molecule has 0 unspecified atom stereocenters. The number of amides is 2. The van der Waals surface area contributed by atoms with E-state index in [1.807, 2.05) is 0 Å². The summed E-state index contributed by atoms with van der Waals surface area (Å²) in [6.45, 7) is 4.50. The third-order valence-corrected chi connectivity index (χ3v) is 3.18. The fourth-order valence-electron chi connectivity index (χ4n) is 1.99. The monoisotopic (exact) mass is 294 g/mol. The maximum Gasteiger partial charge on any atom is 0.223 e. The fraction of sp³-hybridized carbons (Fsp3) is 0.500. The van der Waals surface area contributed by atoms with Gasteiger partial charge in [-0.2, -0.15) is 0 Å². The zero-order valence-electron chi connectivity index (χ0n) is 12.7. The number of nitrogens with zero attached hydrogens (tertiary/aromatic N) is 1. The Morgan fingerprint density at radius 2 is 1.86 bits per heavy atom. The molecule has 1 aromatic carbocycles. The van der Waals surface area contributed by atoms with Crippen LogP contribution < -0.4 is 10.2 Å². The van der Waals surface area contributed by atoms with E-state index in [1.54, 1.807) is 0 Å². The van der Waals surface area contributed by atoms with E-state index in [4.69, 9.17) is 0 Å². The van der Waals surface area contributed by atoms with E-state index in [0.29, 0.717) is 18.8 Å². The van der Waals surface area contributed by atoms with Crippen molar-refractivity contribution in [2.24, 2.45) is 0 Å². The summed E-state index contributed by atoms with van der Waals surface area (Å²) < 4.78 is 12.9. The molecule has 0 bridgehead atoms. The van der Waals surface area contributed by atoms with Gasteiger partial charge < -0.3 is 10.2 Å². The molecular formula is C16H23FN2O2. The van der Waals surface area contributed by atoms with Gasteiger partial charge in [0.25, 0.3) is 0 Å². The molecule has 0 saturated heterocycles. The van der Waals surface area contributed by atoms with Crippen molar-refractivity contribution >= 4 is 17.5 Å². The molecule has 0 fully saturated rings. The summed E-state index contributed by atoms with van der Waals surface area (Å²) in [4.78, 5) is 24.8. The highest BCUT2D eigenvalue weighted by Crippen LogP contribution is 2.15. The average Bonchev–Trinajstić information content (AvgIpc) is 2.45. The van der Waals surface area contributed by atoms with Crippen LogP contribution in [0.15, 0.2) is 24.3 Å². The molecule has 1 aromatic rings. The maximum atomic E-state index is 12.9. The van der Waals surface area contributed by atoms with Crippen LogP contribution in [0.25, 0.3) is 0 Å². The zero-order valence-corrected chi connectivity index (χ0v) is 12.7. The van der Waals surface area contributed by atoms with Crippen molar-refractivity contribution in [3.63, 3.8) is 0 Å². The van der Waals surface area contributed by atoms with Crippen LogP contribution in [0.5, 0.6) is 0 Å². The van der Waals surface area contributed by atoms with Crippen LogP contribution in [-0.2, 0) is 9.59 Å². The molecule has 1 N–H and O–H groups in total. The van der Waals surface area contributed by atoms with Crippen molar-refractivity contribution in [3.05, 3.63) is 30.1 Å². The van der Waals surface area contributed by atoms with Crippen molar-refractivity contribution in [2.75, 3.05) is 18.0 Å². The number of anilines is 1. The number of halogens is 1. The largest absolute Gasteiger partial charge is 0.356 e. The molecule has 0 aliphatic carbocycles. The Hall–Kier alpha value is -1.91. The van der Waals surface area contributed by atoms with Gasteiger partial charge in [-0.25, -0.2) is 4.39 Å². The van der Waals surface area contributed by atoms with E-state index < -0.39 is 0 Å². The Kier molecular flexibility index (Phi) is 7.43. The second kappa shape index (κ2) is 9.10. The molecule has 0 aromatic heterocycles. The molecule has 0 atom stereocenters. The van der Waals surface area contributed by atoms with Gasteiger partial charge in [0.1, 0.15) is 5.82 Å². The van der Waals surface area contributed by atoms with Crippen molar-refractivity contribution in [1.29, 1.82) is 0 Å². The number of benzene rings is 1. The topological polar surface area (TPSA) is 49.4 Å². The van der Waals surface area contributed by atoms with Crippen molar-refractivity contribution in [1.82, 2.24) is 5.32 Å². The van der Waals surface area contributed by atoms with E-state index in [9.17, 15) is 14.0 Å². The third-order valence-electron chi connectivity index (χ3n) is 3.18. The molecule has 0 aliphatic rings. The number of unbranched alkanes of at least 4 members (excludes halogenated alkanes) is 2. The summed E-state index contributed by atoms with van der Waals surface area (Å²) >= 11 is 0. The normalized spacial score (nSPS) is 10.2. The second-order valence-electron chi connectivity index (χ2n) is 4.95. The van der Waals surface area contributed by atoms with Crippen LogP contribution in [0.3, 0.4) is 0 Å². The van der Waals surface area contributed by atoms with Crippen molar-refractivity contribution in [2.45, 2.75) is 39.5 Å². The number of nitrogens with one attached hydrogen (secondary N) is 1. The van der Waals surface area contributed by atoms with Gasteiger partial charge in [0, 0.05) is 32.1 Å². The van der Waals surface area contributed by atoms with Crippen LogP contribution in [0, 0.1) is 5.82 Å². The zero-order chi connectivity index (χ0) is 15.7. The lowest BCUT2D eigenvalue weighted by Gasteiger charge is -2.21. The first kappa shape index (κ1) is 17.1. The molecule has 1 rings (SSSR count). The summed E-state index contributed by atoms with van der Waals surface area (Å²) in [6.07, 6.45) is 3.41. The molecule has 5 heteroatoms. The molecule has 21 heavy (non-hydrogen) atoms. The van der Waals surface area contributed by atoms with Gasteiger partial charge in [-0.15, -0.1) is 0 Å². The molecule has 0 aliphatic heterocycles. The summed E-state index contributed by atoms with van der Waals surface area (Å²) in [5.74, 6) is -0.587. The van der Waals surface area contributed by atoms with Gasteiger partial charge >= 0.3 is 0 Å². The first-order valence-corrected chi connectivity index (χ1v) is 7.35. The highest BCUT2D eigenvalue weighted by molar-refractivity contribution is 5.92. The van der Waals surface area contributed by atoms with Gasteiger partial charge in [-0.1, -0.05) is 19.8 Å². The van der Waals surface area contributed by atoms with E-state index in [1.165, 1.54) is 36.1 Å². The summed E-state index contributed by atoms with van der Waals surface area (Å²) in [7, 11) is 0. The lowest BCUT2D eigenvalue weighted by atomic mass is 10.2. The number of carbonyl (C=O) groups excluding carboxylic acids is 2. The van der Waals surface area contributed by atoms with Crippen LogP contribution in [0.2, 0.25) is 0 Å². The lowest BCUT2D eigenvalue weighted by Crippen LogP contribution is -2.34. The smallest absolute Gasteiger partial charge is 0.223 e. The van der Waals surface area contributed by atoms with Gasteiger partial charge in [0.05, 0.1) is 0 Å². The van der Waals surface area contributed by atoms with Gasteiger partial charge in [0.2, 0.25) is 11.8 Å². The predicted octanol–water partition coefficient (Wildman–Crippen LogP) is 2.88. The molecule has 4 nitrogen and oxygen atoms in total. The average molecular weight is 294 g/mol. The van der Waals surface area contributed by atoms with E-state index in [0.717, 1.165) is 19.3 Å². The quantitative estimate of drug-likeness (QED) is 0.749. The third kappa shape index (κ3) is 6.38. The van der Waals surface area contributed by atoms with Crippen molar-refractivity contribution < 1.29 is 14.0 Å². The van der Waals surface area contributed by atoms with Gasteiger partial charge in [0.15, 0.2) is 0 Å².